The molecule has 2 heterocycles. The standard InChI is InChI=1S/C11H17BrN2O2S/c1-14-7-9(6-13-14)4-11(5-12)10-2-3-17(15,16)8-10/h6-7,10-11H,2-5,8H2,1H3. The van der Waals surface area contributed by atoms with E-state index in [0.717, 1.165) is 18.2 Å². The summed E-state index contributed by atoms with van der Waals surface area (Å²) < 4.78 is 24.8. The summed E-state index contributed by atoms with van der Waals surface area (Å²) in [5, 5.41) is 4.99. The summed E-state index contributed by atoms with van der Waals surface area (Å²) in [5.74, 6) is 1.38. The Morgan fingerprint density at radius 3 is 2.88 bits per heavy atom. The van der Waals surface area contributed by atoms with Crippen molar-refractivity contribution in [3.05, 3.63) is 18.0 Å². The van der Waals surface area contributed by atoms with Crippen molar-refractivity contribution in [1.82, 2.24) is 9.78 Å². The highest BCUT2D eigenvalue weighted by atomic mass is 79.9. The van der Waals surface area contributed by atoms with E-state index in [1.54, 1.807) is 4.68 Å². The molecule has 1 aromatic heterocycles. The number of hydrogen-bond acceptors (Lipinski definition) is 3. The molecule has 4 nitrogen and oxygen atoms in total. The maximum absolute atomic E-state index is 11.5. The zero-order chi connectivity index (χ0) is 12.5. The number of nitrogens with zero attached hydrogens (tertiary/aromatic N) is 2. The molecule has 96 valence electrons. The van der Waals surface area contributed by atoms with Crippen molar-refractivity contribution in [2.75, 3.05) is 16.8 Å². The van der Waals surface area contributed by atoms with E-state index in [4.69, 9.17) is 0 Å². The van der Waals surface area contributed by atoms with Gasteiger partial charge in [-0.3, -0.25) is 4.68 Å². The molecule has 1 saturated heterocycles. The summed E-state index contributed by atoms with van der Waals surface area (Å²) in [4.78, 5) is 0. The normalized spacial score (nSPS) is 24.9. The third-order valence-corrected chi connectivity index (χ3v) is 6.01. The van der Waals surface area contributed by atoms with Gasteiger partial charge in [-0.2, -0.15) is 5.10 Å². The van der Waals surface area contributed by atoms with Gasteiger partial charge in [0.15, 0.2) is 9.84 Å². The summed E-state index contributed by atoms with van der Waals surface area (Å²) in [5.41, 5.74) is 1.18. The molecule has 0 amide bonds. The molecular formula is C11H17BrN2O2S. The van der Waals surface area contributed by atoms with Gasteiger partial charge < -0.3 is 0 Å². The summed E-state index contributed by atoms with van der Waals surface area (Å²) in [7, 11) is -0.884. The van der Waals surface area contributed by atoms with Gasteiger partial charge >= 0.3 is 0 Å². The number of hydrogen-bond donors (Lipinski definition) is 0. The van der Waals surface area contributed by atoms with Crippen molar-refractivity contribution in [2.24, 2.45) is 18.9 Å². The number of sulfone groups is 1. The Kier molecular flexibility index (Phi) is 3.92. The minimum atomic E-state index is -2.78. The largest absolute Gasteiger partial charge is 0.276 e. The van der Waals surface area contributed by atoms with Crippen molar-refractivity contribution in [2.45, 2.75) is 12.8 Å². The highest BCUT2D eigenvalue weighted by Crippen LogP contribution is 2.29. The summed E-state index contributed by atoms with van der Waals surface area (Å²) >= 11 is 3.51. The van der Waals surface area contributed by atoms with E-state index in [9.17, 15) is 8.42 Å². The SMILES string of the molecule is Cn1cc(CC(CBr)C2CCS(=O)(=O)C2)cn1. The van der Waals surface area contributed by atoms with Gasteiger partial charge in [0.1, 0.15) is 0 Å². The van der Waals surface area contributed by atoms with Crippen LogP contribution in [0.4, 0.5) is 0 Å². The van der Waals surface area contributed by atoms with Crippen LogP contribution in [0.25, 0.3) is 0 Å². The highest BCUT2D eigenvalue weighted by molar-refractivity contribution is 9.09. The molecule has 2 rings (SSSR count). The lowest BCUT2D eigenvalue weighted by Crippen LogP contribution is -2.20. The Morgan fingerprint density at radius 1 is 1.65 bits per heavy atom. The van der Waals surface area contributed by atoms with E-state index in [1.165, 1.54) is 5.56 Å². The lowest BCUT2D eigenvalue weighted by molar-refractivity contribution is 0.402. The Labute approximate surface area is 110 Å². The smallest absolute Gasteiger partial charge is 0.150 e. The first-order valence-electron chi connectivity index (χ1n) is 5.74. The molecular weight excluding hydrogens is 304 g/mol. The van der Waals surface area contributed by atoms with Crippen molar-refractivity contribution in [3.63, 3.8) is 0 Å². The summed E-state index contributed by atoms with van der Waals surface area (Å²) in [6.07, 6.45) is 5.57. The first kappa shape index (κ1) is 13.1. The molecule has 0 aliphatic carbocycles. The second-order valence-corrected chi connectivity index (χ2v) is 7.68. The predicted molar refractivity (Wildman–Crippen MR) is 71.0 cm³/mol. The van der Waals surface area contributed by atoms with Crippen molar-refractivity contribution in [3.8, 4) is 0 Å². The fourth-order valence-electron chi connectivity index (χ4n) is 2.42. The average Bonchev–Trinajstić information content (AvgIpc) is 2.81. The zero-order valence-electron chi connectivity index (χ0n) is 9.84. The van der Waals surface area contributed by atoms with E-state index in [2.05, 4.69) is 21.0 Å². The molecule has 6 heteroatoms. The Morgan fingerprint density at radius 2 is 2.41 bits per heavy atom. The van der Waals surface area contributed by atoms with Crippen LogP contribution >= 0.6 is 15.9 Å². The second-order valence-electron chi connectivity index (χ2n) is 4.80. The monoisotopic (exact) mass is 320 g/mol. The van der Waals surface area contributed by atoms with Crippen LogP contribution in [0.3, 0.4) is 0 Å². The van der Waals surface area contributed by atoms with E-state index < -0.39 is 9.84 Å². The quantitative estimate of drug-likeness (QED) is 0.788. The van der Waals surface area contributed by atoms with Crippen LogP contribution in [-0.4, -0.2) is 35.0 Å². The first-order chi connectivity index (χ1) is 8.00. The Hall–Kier alpha value is -0.360. The first-order valence-corrected chi connectivity index (χ1v) is 8.68. The van der Waals surface area contributed by atoms with Gasteiger partial charge in [-0.05, 0) is 30.2 Å². The molecule has 0 aromatic carbocycles. The van der Waals surface area contributed by atoms with E-state index in [1.807, 2.05) is 19.4 Å². The van der Waals surface area contributed by atoms with Crippen LogP contribution in [0.1, 0.15) is 12.0 Å². The lowest BCUT2D eigenvalue weighted by atomic mass is 9.89. The number of alkyl halides is 1. The van der Waals surface area contributed by atoms with Gasteiger partial charge in [-0.25, -0.2) is 8.42 Å². The predicted octanol–water partition coefficient (Wildman–Crippen LogP) is 1.41. The van der Waals surface area contributed by atoms with Gasteiger partial charge in [0.25, 0.3) is 0 Å². The number of aryl methyl sites for hydroxylation is 1. The fourth-order valence-corrected chi connectivity index (χ4v) is 5.10. The molecule has 1 fully saturated rings. The minimum Gasteiger partial charge on any atom is -0.276 e. The molecule has 1 aliphatic heterocycles. The third kappa shape index (κ3) is 3.31. The van der Waals surface area contributed by atoms with Crippen LogP contribution in [0.5, 0.6) is 0 Å². The molecule has 1 aromatic rings. The van der Waals surface area contributed by atoms with E-state index >= 15 is 0 Å². The molecule has 0 spiro atoms. The highest BCUT2D eigenvalue weighted by Gasteiger charge is 2.33. The van der Waals surface area contributed by atoms with Crippen molar-refractivity contribution in [1.29, 1.82) is 0 Å². The van der Waals surface area contributed by atoms with Gasteiger partial charge in [0, 0.05) is 18.6 Å². The maximum Gasteiger partial charge on any atom is 0.150 e. The molecule has 0 radical (unpaired) electrons. The van der Waals surface area contributed by atoms with E-state index in [0.29, 0.717) is 23.3 Å². The van der Waals surface area contributed by atoms with Crippen molar-refractivity contribution >= 4 is 25.8 Å². The van der Waals surface area contributed by atoms with Crippen LogP contribution in [-0.2, 0) is 23.3 Å². The fraction of sp³-hybridized carbons (Fsp3) is 0.727. The van der Waals surface area contributed by atoms with Gasteiger partial charge in [0.2, 0.25) is 0 Å². The van der Waals surface area contributed by atoms with Crippen LogP contribution in [0.2, 0.25) is 0 Å². The number of rotatable bonds is 4. The van der Waals surface area contributed by atoms with E-state index in [-0.39, 0.29) is 0 Å². The van der Waals surface area contributed by atoms with Crippen LogP contribution in [0.15, 0.2) is 12.4 Å². The summed E-state index contributed by atoms with van der Waals surface area (Å²) in [6, 6.07) is 0. The average molecular weight is 321 g/mol. The van der Waals surface area contributed by atoms with Crippen LogP contribution in [0, 0.1) is 11.8 Å². The molecule has 17 heavy (non-hydrogen) atoms. The van der Waals surface area contributed by atoms with Gasteiger partial charge in [-0.1, -0.05) is 15.9 Å². The second kappa shape index (κ2) is 5.10. The third-order valence-electron chi connectivity index (χ3n) is 3.39. The van der Waals surface area contributed by atoms with Gasteiger partial charge in [0.05, 0.1) is 17.7 Å². The molecule has 0 N–H and O–H groups in total. The number of aromatic nitrogens is 2. The summed E-state index contributed by atoms with van der Waals surface area (Å²) in [6.45, 7) is 0. The lowest BCUT2D eigenvalue weighted by Gasteiger charge is -2.19. The topological polar surface area (TPSA) is 52.0 Å². The molecule has 2 unspecified atom stereocenters. The zero-order valence-corrected chi connectivity index (χ0v) is 12.2. The molecule has 0 bridgehead atoms. The Balaban J connectivity index is 2.02. The van der Waals surface area contributed by atoms with Crippen LogP contribution < -0.4 is 0 Å². The Bertz CT molecular complexity index is 483. The van der Waals surface area contributed by atoms with Crippen molar-refractivity contribution < 1.29 is 8.42 Å². The molecule has 0 saturated carbocycles. The minimum absolute atomic E-state index is 0.291. The maximum atomic E-state index is 11.5. The molecule has 2 atom stereocenters. The van der Waals surface area contributed by atoms with Gasteiger partial charge in [-0.15, -0.1) is 0 Å². The molecule has 1 aliphatic rings. The number of halogens is 1.